The number of hydrogen-bond donors (Lipinski definition) is 0. The smallest absolute Gasteiger partial charge is 0.359 e. The Hall–Kier alpha value is -1.91. The van der Waals surface area contributed by atoms with Crippen molar-refractivity contribution in [3.8, 4) is 0 Å². The SMILES string of the molecule is CCOC(=O)c1nccn2nccc12. The van der Waals surface area contributed by atoms with Gasteiger partial charge in [-0.05, 0) is 13.0 Å². The molecular formula is C9H9N3O2. The Morgan fingerprint density at radius 1 is 1.57 bits per heavy atom. The zero-order valence-corrected chi connectivity index (χ0v) is 7.67. The first-order valence-electron chi connectivity index (χ1n) is 4.28. The molecule has 0 spiro atoms. The topological polar surface area (TPSA) is 56.5 Å². The van der Waals surface area contributed by atoms with Crippen LogP contribution in [0, 0.1) is 0 Å². The van der Waals surface area contributed by atoms with Crippen LogP contribution >= 0.6 is 0 Å². The highest BCUT2D eigenvalue weighted by Gasteiger charge is 2.12. The lowest BCUT2D eigenvalue weighted by Gasteiger charge is -2.01. The number of carbonyl (C=O) groups excluding carboxylic acids is 1. The van der Waals surface area contributed by atoms with Gasteiger partial charge in [-0.1, -0.05) is 0 Å². The first kappa shape index (κ1) is 8.68. The van der Waals surface area contributed by atoms with Crippen LogP contribution in [0.5, 0.6) is 0 Å². The molecule has 5 nitrogen and oxygen atoms in total. The second-order valence-corrected chi connectivity index (χ2v) is 2.66. The number of aromatic nitrogens is 3. The van der Waals surface area contributed by atoms with Gasteiger partial charge in [0.1, 0.15) is 0 Å². The lowest BCUT2D eigenvalue weighted by Crippen LogP contribution is -2.08. The Bertz CT molecular complexity index is 464. The van der Waals surface area contributed by atoms with Crippen LogP contribution in [0.15, 0.2) is 24.7 Å². The van der Waals surface area contributed by atoms with Gasteiger partial charge in [0.2, 0.25) is 0 Å². The minimum Gasteiger partial charge on any atom is -0.461 e. The summed E-state index contributed by atoms with van der Waals surface area (Å²) in [5.74, 6) is -0.418. The fourth-order valence-corrected chi connectivity index (χ4v) is 1.21. The number of hydrogen-bond acceptors (Lipinski definition) is 4. The molecule has 72 valence electrons. The van der Waals surface area contributed by atoms with Gasteiger partial charge in [0.25, 0.3) is 0 Å². The summed E-state index contributed by atoms with van der Waals surface area (Å²) in [7, 11) is 0. The minimum atomic E-state index is -0.418. The molecule has 2 rings (SSSR count). The molecule has 0 fully saturated rings. The van der Waals surface area contributed by atoms with E-state index < -0.39 is 5.97 Å². The molecule has 5 heteroatoms. The molecule has 0 unspecified atom stereocenters. The summed E-state index contributed by atoms with van der Waals surface area (Å²) in [4.78, 5) is 15.4. The molecule has 0 aliphatic rings. The molecule has 0 saturated heterocycles. The lowest BCUT2D eigenvalue weighted by atomic mass is 10.3. The summed E-state index contributed by atoms with van der Waals surface area (Å²) in [5.41, 5.74) is 0.956. The minimum absolute atomic E-state index is 0.298. The highest BCUT2D eigenvalue weighted by Crippen LogP contribution is 2.07. The van der Waals surface area contributed by atoms with Crippen molar-refractivity contribution in [1.82, 2.24) is 14.6 Å². The van der Waals surface area contributed by atoms with Crippen molar-refractivity contribution >= 4 is 11.5 Å². The Kier molecular flexibility index (Phi) is 2.14. The zero-order valence-electron chi connectivity index (χ0n) is 7.67. The van der Waals surface area contributed by atoms with Crippen molar-refractivity contribution in [1.29, 1.82) is 0 Å². The largest absolute Gasteiger partial charge is 0.461 e. The molecule has 0 radical (unpaired) electrons. The van der Waals surface area contributed by atoms with Crippen molar-refractivity contribution in [3.05, 3.63) is 30.4 Å². The van der Waals surface area contributed by atoms with E-state index in [4.69, 9.17) is 4.74 Å². The maximum absolute atomic E-state index is 11.4. The molecule has 0 aliphatic carbocycles. The third-order valence-corrected chi connectivity index (χ3v) is 1.79. The quantitative estimate of drug-likeness (QED) is 0.662. The Morgan fingerprint density at radius 3 is 3.21 bits per heavy atom. The molecule has 0 aromatic carbocycles. The molecule has 2 heterocycles. The Balaban J connectivity index is 2.50. The summed E-state index contributed by atoms with van der Waals surface area (Å²) in [6.45, 7) is 2.10. The molecule has 2 aromatic heterocycles. The van der Waals surface area contributed by atoms with Crippen LogP contribution in [0.4, 0.5) is 0 Å². The van der Waals surface area contributed by atoms with Crippen LogP contribution in [0.3, 0.4) is 0 Å². The zero-order chi connectivity index (χ0) is 9.97. The first-order chi connectivity index (χ1) is 6.83. The summed E-state index contributed by atoms with van der Waals surface area (Å²) in [5, 5.41) is 3.99. The van der Waals surface area contributed by atoms with E-state index >= 15 is 0 Å². The van der Waals surface area contributed by atoms with Crippen molar-refractivity contribution in [2.45, 2.75) is 6.92 Å². The average Bonchev–Trinajstić information content (AvgIpc) is 2.65. The van der Waals surface area contributed by atoms with Gasteiger partial charge in [0.05, 0.1) is 18.3 Å². The first-order valence-corrected chi connectivity index (χ1v) is 4.28. The normalized spacial score (nSPS) is 10.4. The molecule has 14 heavy (non-hydrogen) atoms. The molecule has 0 atom stereocenters. The monoisotopic (exact) mass is 191 g/mol. The van der Waals surface area contributed by atoms with E-state index in [2.05, 4.69) is 10.1 Å². The average molecular weight is 191 g/mol. The van der Waals surface area contributed by atoms with Gasteiger partial charge < -0.3 is 4.74 Å². The van der Waals surface area contributed by atoms with Crippen LogP contribution in [0.1, 0.15) is 17.4 Å². The molecule has 2 aromatic rings. The number of rotatable bonds is 2. The van der Waals surface area contributed by atoms with Crippen LogP contribution in [-0.2, 0) is 4.74 Å². The third-order valence-electron chi connectivity index (χ3n) is 1.79. The maximum Gasteiger partial charge on any atom is 0.359 e. The van der Waals surface area contributed by atoms with E-state index in [-0.39, 0.29) is 0 Å². The summed E-state index contributed by atoms with van der Waals surface area (Å²) < 4.78 is 6.45. The van der Waals surface area contributed by atoms with E-state index in [1.54, 1.807) is 29.9 Å². The van der Waals surface area contributed by atoms with Gasteiger partial charge in [0, 0.05) is 12.4 Å². The second-order valence-electron chi connectivity index (χ2n) is 2.66. The third kappa shape index (κ3) is 1.32. The molecule has 0 saturated carbocycles. The summed E-state index contributed by atoms with van der Waals surface area (Å²) in [6, 6.07) is 1.72. The maximum atomic E-state index is 11.4. The Labute approximate surface area is 80.3 Å². The van der Waals surface area contributed by atoms with E-state index in [1.165, 1.54) is 6.20 Å². The van der Waals surface area contributed by atoms with E-state index in [0.29, 0.717) is 17.8 Å². The number of fused-ring (bicyclic) bond motifs is 1. The molecule has 0 amide bonds. The van der Waals surface area contributed by atoms with E-state index in [9.17, 15) is 4.79 Å². The van der Waals surface area contributed by atoms with Crippen LogP contribution in [0.2, 0.25) is 0 Å². The van der Waals surface area contributed by atoms with E-state index in [0.717, 1.165) is 0 Å². The van der Waals surface area contributed by atoms with Crippen LogP contribution in [-0.4, -0.2) is 27.2 Å². The Morgan fingerprint density at radius 2 is 2.43 bits per heavy atom. The standard InChI is InChI=1S/C9H9N3O2/c1-2-14-9(13)8-7-3-4-11-12(7)6-5-10-8/h3-6H,2H2,1H3. The van der Waals surface area contributed by atoms with Crippen molar-refractivity contribution in [3.63, 3.8) is 0 Å². The predicted octanol–water partition coefficient (Wildman–Crippen LogP) is 0.906. The second kappa shape index (κ2) is 3.45. The highest BCUT2D eigenvalue weighted by molar-refractivity contribution is 5.94. The van der Waals surface area contributed by atoms with E-state index in [1.807, 2.05) is 0 Å². The molecule has 0 aliphatic heterocycles. The van der Waals surface area contributed by atoms with Gasteiger partial charge in [0.15, 0.2) is 5.69 Å². The molecule has 0 N–H and O–H groups in total. The van der Waals surface area contributed by atoms with Gasteiger partial charge in [-0.3, -0.25) is 0 Å². The molecular weight excluding hydrogens is 182 g/mol. The van der Waals surface area contributed by atoms with Gasteiger partial charge in [-0.15, -0.1) is 0 Å². The number of nitrogens with zero attached hydrogens (tertiary/aromatic N) is 3. The van der Waals surface area contributed by atoms with Gasteiger partial charge in [-0.25, -0.2) is 14.3 Å². The molecule has 0 bridgehead atoms. The fraction of sp³-hybridized carbons (Fsp3) is 0.222. The number of carbonyl (C=O) groups is 1. The lowest BCUT2D eigenvalue weighted by molar-refractivity contribution is 0.0521. The van der Waals surface area contributed by atoms with Crippen molar-refractivity contribution < 1.29 is 9.53 Å². The summed E-state index contributed by atoms with van der Waals surface area (Å²) in [6.07, 6.45) is 4.81. The van der Waals surface area contributed by atoms with Gasteiger partial charge in [-0.2, -0.15) is 5.10 Å². The number of esters is 1. The van der Waals surface area contributed by atoms with Crippen LogP contribution < -0.4 is 0 Å². The van der Waals surface area contributed by atoms with Crippen LogP contribution in [0.25, 0.3) is 5.52 Å². The number of ether oxygens (including phenoxy) is 1. The fourth-order valence-electron chi connectivity index (χ4n) is 1.21. The van der Waals surface area contributed by atoms with Crippen molar-refractivity contribution in [2.75, 3.05) is 6.61 Å². The summed E-state index contributed by atoms with van der Waals surface area (Å²) >= 11 is 0. The van der Waals surface area contributed by atoms with Gasteiger partial charge >= 0.3 is 5.97 Å². The highest BCUT2D eigenvalue weighted by atomic mass is 16.5. The predicted molar refractivity (Wildman–Crippen MR) is 48.9 cm³/mol. The van der Waals surface area contributed by atoms with Crippen molar-refractivity contribution in [2.24, 2.45) is 0 Å².